The van der Waals surface area contributed by atoms with Gasteiger partial charge in [0, 0.05) is 12.1 Å². The molecule has 0 saturated carbocycles. The highest BCUT2D eigenvalue weighted by Gasteiger charge is 2.59. The van der Waals surface area contributed by atoms with Crippen LogP contribution in [0.2, 0.25) is 0 Å². The van der Waals surface area contributed by atoms with Gasteiger partial charge in [0.25, 0.3) is 0 Å². The first-order valence-corrected chi connectivity index (χ1v) is 12.6. The smallest absolute Gasteiger partial charge is 0.243 e. The average Bonchev–Trinajstić information content (AvgIpc) is 3.23. The Balaban J connectivity index is 1.71. The molecule has 0 amide bonds. The van der Waals surface area contributed by atoms with Crippen molar-refractivity contribution in [1.29, 1.82) is 0 Å². The Morgan fingerprint density at radius 1 is 1.12 bits per heavy atom. The van der Waals surface area contributed by atoms with Crippen molar-refractivity contribution in [2.75, 3.05) is 6.54 Å². The number of hydrogen-bond donors (Lipinski definition) is 0. The molecule has 2 heterocycles. The molecule has 2 saturated heterocycles. The maximum Gasteiger partial charge on any atom is 0.243 e. The van der Waals surface area contributed by atoms with E-state index in [1.165, 1.54) is 16.6 Å². The van der Waals surface area contributed by atoms with E-state index in [9.17, 15) is 13.6 Å². The third kappa shape index (κ3) is 5.08. The molecule has 2 aliphatic heterocycles. The minimum Gasteiger partial charge on any atom is -0.624 e. The Bertz CT molecular complexity index is 1150. The number of sulfonamides is 1. The second-order valence-corrected chi connectivity index (χ2v) is 10.8. The van der Waals surface area contributed by atoms with Crippen LogP contribution in [0.5, 0.6) is 0 Å². The molecule has 2 aromatic rings. The molecule has 9 heteroatoms. The Morgan fingerprint density at radius 3 is 2.44 bits per heavy atom. The fraction of sp³-hybridized carbons (Fsp3) is 0.400. The van der Waals surface area contributed by atoms with Crippen LogP contribution in [0.3, 0.4) is 0 Å². The second-order valence-electron chi connectivity index (χ2n) is 8.95. The van der Waals surface area contributed by atoms with Gasteiger partial charge in [0.05, 0.1) is 10.9 Å². The van der Waals surface area contributed by atoms with Gasteiger partial charge in [0.15, 0.2) is 30.9 Å². The lowest BCUT2D eigenvalue weighted by molar-refractivity contribution is -0.473. The predicted octanol–water partition coefficient (Wildman–Crippen LogP) is 3.20. The largest absolute Gasteiger partial charge is 0.624 e. The van der Waals surface area contributed by atoms with E-state index in [4.69, 9.17) is 14.2 Å². The Kier molecular flexibility index (Phi) is 6.93. The number of hydroxylamine groups is 1. The summed E-state index contributed by atoms with van der Waals surface area (Å²) in [6, 6.07) is 15.1. The zero-order valence-corrected chi connectivity index (χ0v) is 20.4. The molecule has 0 radical (unpaired) electrons. The lowest BCUT2D eigenvalue weighted by Gasteiger charge is -2.32. The molecule has 34 heavy (non-hydrogen) atoms. The van der Waals surface area contributed by atoms with Gasteiger partial charge in [0.2, 0.25) is 10.0 Å². The van der Waals surface area contributed by atoms with E-state index in [0.717, 1.165) is 15.9 Å². The summed E-state index contributed by atoms with van der Waals surface area (Å²) in [4.78, 5) is 0.142. The summed E-state index contributed by atoms with van der Waals surface area (Å²) in [5.41, 5.74) is 1.77. The van der Waals surface area contributed by atoms with Gasteiger partial charge in [-0.15, -0.1) is 6.58 Å². The van der Waals surface area contributed by atoms with Crippen LogP contribution < -0.4 is 0 Å². The van der Waals surface area contributed by atoms with Crippen LogP contribution in [-0.2, 0) is 30.8 Å². The fourth-order valence-electron chi connectivity index (χ4n) is 4.30. The van der Waals surface area contributed by atoms with Crippen molar-refractivity contribution in [3.63, 3.8) is 0 Å². The Hall–Kier alpha value is -2.56. The van der Waals surface area contributed by atoms with Crippen LogP contribution in [0.25, 0.3) is 0 Å². The van der Waals surface area contributed by atoms with E-state index < -0.39 is 40.4 Å². The highest BCUT2D eigenvalue weighted by Crippen LogP contribution is 2.40. The highest BCUT2D eigenvalue weighted by molar-refractivity contribution is 7.89. The third-order valence-corrected chi connectivity index (χ3v) is 7.69. The van der Waals surface area contributed by atoms with Gasteiger partial charge < -0.3 is 19.4 Å². The third-order valence-electron chi connectivity index (χ3n) is 5.82. The van der Waals surface area contributed by atoms with Gasteiger partial charge in [-0.1, -0.05) is 54.1 Å². The lowest BCUT2D eigenvalue weighted by atomic mass is 10.1. The van der Waals surface area contributed by atoms with Gasteiger partial charge >= 0.3 is 0 Å². The topological polar surface area (TPSA) is 91.1 Å². The number of hydrogen-bond acceptors (Lipinski definition) is 6. The summed E-state index contributed by atoms with van der Waals surface area (Å²) < 4.78 is 47.4. The van der Waals surface area contributed by atoms with Gasteiger partial charge in [-0.05, 0) is 32.9 Å². The monoisotopic (exact) mass is 486 g/mol. The molecule has 2 aliphatic rings. The van der Waals surface area contributed by atoms with Crippen LogP contribution >= 0.6 is 0 Å². The van der Waals surface area contributed by atoms with E-state index in [1.54, 1.807) is 38.1 Å². The van der Waals surface area contributed by atoms with Crippen molar-refractivity contribution in [2.45, 2.75) is 62.5 Å². The first-order chi connectivity index (χ1) is 16.1. The van der Waals surface area contributed by atoms with Crippen molar-refractivity contribution in [1.82, 2.24) is 4.31 Å². The second kappa shape index (κ2) is 9.59. The van der Waals surface area contributed by atoms with Crippen LogP contribution in [0.4, 0.5) is 0 Å². The first-order valence-electron chi connectivity index (χ1n) is 11.1. The standard InChI is InChI=1S/C25H30N2O6S/c1-5-15-27(34(29,30)20-13-11-18(2)12-14-20)22-21(31-24-23(22)32-25(3,4)33-24)17-26(28)16-19-9-7-6-8-10-19/h5-14,17,21-24H,1,15-16H2,2-4H3/b26-17+/t21-,22-,23-,24-/m1/s1. The summed E-state index contributed by atoms with van der Waals surface area (Å²) in [7, 11) is -3.96. The average molecular weight is 487 g/mol. The van der Waals surface area contributed by atoms with Gasteiger partial charge in [-0.2, -0.15) is 4.31 Å². The molecule has 0 aromatic heterocycles. The van der Waals surface area contributed by atoms with Gasteiger partial charge in [0.1, 0.15) is 6.10 Å². The molecule has 0 unspecified atom stereocenters. The maximum absolute atomic E-state index is 13.7. The molecule has 182 valence electrons. The summed E-state index contributed by atoms with van der Waals surface area (Å²) in [6.45, 7) is 9.23. The summed E-state index contributed by atoms with van der Waals surface area (Å²) in [6.07, 6.45) is 0.452. The van der Waals surface area contributed by atoms with E-state index in [0.29, 0.717) is 0 Å². The van der Waals surface area contributed by atoms with E-state index in [-0.39, 0.29) is 18.0 Å². The Labute approximate surface area is 200 Å². The number of nitrogens with zero attached hydrogens (tertiary/aromatic N) is 2. The Morgan fingerprint density at radius 2 is 1.79 bits per heavy atom. The number of ether oxygens (including phenoxy) is 3. The van der Waals surface area contributed by atoms with E-state index in [2.05, 4.69) is 6.58 Å². The minimum atomic E-state index is -3.96. The fourth-order valence-corrected chi connectivity index (χ4v) is 5.91. The van der Waals surface area contributed by atoms with Crippen molar-refractivity contribution in [3.8, 4) is 0 Å². The SMILES string of the molecule is C=CCN([C@H]1[C@H]2OC(C)(C)O[C@H]2O[C@@H]1/C=[N+](/[O-])Cc1ccccc1)S(=O)(=O)c1ccc(C)cc1. The highest BCUT2D eigenvalue weighted by atomic mass is 32.2. The van der Waals surface area contributed by atoms with Gasteiger partial charge in [-0.25, -0.2) is 13.2 Å². The number of aryl methyl sites for hydroxylation is 1. The zero-order chi connectivity index (χ0) is 24.5. The molecule has 4 atom stereocenters. The van der Waals surface area contributed by atoms with Crippen LogP contribution in [0, 0.1) is 12.1 Å². The van der Waals surface area contributed by atoms with E-state index in [1.807, 2.05) is 37.3 Å². The summed E-state index contributed by atoms with van der Waals surface area (Å²) in [5, 5.41) is 12.8. The molecule has 4 rings (SSSR count). The maximum atomic E-state index is 13.7. The lowest BCUT2D eigenvalue weighted by Crippen LogP contribution is -2.52. The normalized spacial score (nSPS) is 26.5. The zero-order valence-electron chi connectivity index (χ0n) is 19.5. The van der Waals surface area contributed by atoms with Crippen molar-refractivity contribution < 1.29 is 27.4 Å². The first kappa shape index (κ1) is 24.6. The van der Waals surface area contributed by atoms with Gasteiger partial charge in [-0.3, -0.25) is 0 Å². The number of rotatable bonds is 8. The molecular weight excluding hydrogens is 456 g/mol. The molecule has 2 fully saturated rings. The van der Waals surface area contributed by atoms with Crippen LogP contribution in [0.15, 0.2) is 72.1 Å². The van der Waals surface area contributed by atoms with Crippen LogP contribution in [0.1, 0.15) is 25.0 Å². The summed E-state index contributed by atoms with van der Waals surface area (Å²) >= 11 is 0. The van der Waals surface area contributed by atoms with Crippen molar-refractivity contribution in [2.24, 2.45) is 0 Å². The minimum absolute atomic E-state index is 0.0130. The quantitative estimate of drug-likeness (QED) is 0.187. The molecular formula is C25H30N2O6S. The molecule has 0 N–H and O–H groups in total. The van der Waals surface area contributed by atoms with Crippen molar-refractivity contribution >= 4 is 16.2 Å². The van der Waals surface area contributed by atoms with E-state index >= 15 is 0 Å². The molecule has 8 nitrogen and oxygen atoms in total. The molecule has 2 aromatic carbocycles. The predicted molar refractivity (Wildman–Crippen MR) is 128 cm³/mol. The van der Waals surface area contributed by atoms with Crippen LogP contribution in [-0.4, -0.2) is 60.5 Å². The molecule has 0 aliphatic carbocycles. The number of fused-ring (bicyclic) bond motifs is 1. The summed E-state index contributed by atoms with van der Waals surface area (Å²) in [5.74, 6) is -0.951. The van der Waals surface area contributed by atoms with Crippen molar-refractivity contribution in [3.05, 3.63) is 83.6 Å². The molecule has 0 spiro atoms. The molecule has 0 bridgehead atoms. The number of benzene rings is 2.